The molecule has 0 spiro atoms. The van der Waals surface area contributed by atoms with Gasteiger partial charge in [-0.25, -0.2) is 0 Å². The van der Waals surface area contributed by atoms with Crippen LogP contribution in [-0.4, -0.2) is 15.2 Å². The van der Waals surface area contributed by atoms with Crippen molar-refractivity contribution < 1.29 is 0 Å². The quantitative estimate of drug-likeness (QED) is 0.801. The third-order valence-corrected chi connectivity index (χ3v) is 2.24. The van der Waals surface area contributed by atoms with Gasteiger partial charge in [-0.05, 0) is 18.6 Å². The number of H-pyrrole nitrogens is 1. The largest absolute Gasteiger partial charge is 0.281 e. The zero-order valence-corrected chi connectivity index (χ0v) is 8.36. The minimum absolute atomic E-state index is 0.616. The van der Waals surface area contributed by atoms with Gasteiger partial charge in [-0.1, -0.05) is 6.92 Å². The molecule has 2 aromatic rings. The van der Waals surface area contributed by atoms with Crippen LogP contribution in [0.5, 0.6) is 0 Å². The summed E-state index contributed by atoms with van der Waals surface area (Å²) in [6, 6.07) is 5.89. The highest BCUT2D eigenvalue weighted by Gasteiger charge is 2.12. The van der Waals surface area contributed by atoms with Crippen LogP contribution in [0, 0.1) is 11.3 Å². The second kappa shape index (κ2) is 3.93. The Labute approximate surface area is 87.6 Å². The Bertz CT molecular complexity index is 493. The number of aromatic amines is 1. The highest BCUT2D eigenvalue weighted by Crippen LogP contribution is 2.22. The van der Waals surface area contributed by atoms with E-state index in [2.05, 4.69) is 21.3 Å². The lowest BCUT2D eigenvalue weighted by Gasteiger charge is -1.95. The van der Waals surface area contributed by atoms with Gasteiger partial charge in [-0.2, -0.15) is 10.4 Å². The summed E-state index contributed by atoms with van der Waals surface area (Å²) in [5.74, 6) is 0. The van der Waals surface area contributed by atoms with E-state index in [0.29, 0.717) is 11.3 Å². The molecule has 74 valence electrons. The Hall–Kier alpha value is -2.15. The molecule has 2 heterocycles. The number of aryl methyl sites for hydroxylation is 1. The first-order chi connectivity index (χ1) is 7.36. The van der Waals surface area contributed by atoms with Crippen LogP contribution < -0.4 is 0 Å². The summed E-state index contributed by atoms with van der Waals surface area (Å²) in [6.45, 7) is 1.99. The van der Waals surface area contributed by atoms with E-state index in [4.69, 9.17) is 5.26 Å². The van der Waals surface area contributed by atoms with Gasteiger partial charge in [0, 0.05) is 18.0 Å². The zero-order valence-electron chi connectivity index (χ0n) is 8.36. The van der Waals surface area contributed by atoms with Gasteiger partial charge in [0.1, 0.15) is 17.3 Å². The molecular formula is C11H10N4. The van der Waals surface area contributed by atoms with Crippen molar-refractivity contribution >= 4 is 0 Å². The number of pyridine rings is 1. The maximum Gasteiger partial charge on any atom is 0.112 e. The molecule has 0 aliphatic carbocycles. The lowest BCUT2D eigenvalue weighted by atomic mass is 10.1. The van der Waals surface area contributed by atoms with Crippen molar-refractivity contribution in [3.8, 4) is 17.3 Å². The fourth-order valence-corrected chi connectivity index (χ4v) is 1.47. The normalized spacial score (nSPS) is 9.87. The number of nitrogens with zero attached hydrogens (tertiary/aromatic N) is 3. The smallest absolute Gasteiger partial charge is 0.112 e. The van der Waals surface area contributed by atoms with Gasteiger partial charge < -0.3 is 0 Å². The first kappa shape index (κ1) is 9.41. The van der Waals surface area contributed by atoms with Gasteiger partial charge in [0.05, 0.1) is 5.69 Å². The van der Waals surface area contributed by atoms with Gasteiger partial charge >= 0.3 is 0 Å². The number of nitriles is 1. The van der Waals surface area contributed by atoms with Crippen molar-refractivity contribution in [2.24, 2.45) is 0 Å². The maximum atomic E-state index is 9.05. The Morgan fingerprint density at radius 2 is 2.40 bits per heavy atom. The Morgan fingerprint density at radius 1 is 1.53 bits per heavy atom. The van der Waals surface area contributed by atoms with Gasteiger partial charge in [-0.3, -0.25) is 10.1 Å². The average molecular weight is 198 g/mol. The van der Waals surface area contributed by atoms with Crippen LogP contribution in [0.25, 0.3) is 11.3 Å². The number of nitrogens with one attached hydrogen (secondary N) is 1. The molecule has 0 aliphatic rings. The molecule has 0 aliphatic heterocycles. The van der Waals surface area contributed by atoms with Gasteiger partial charge in [-0.15, -0.1) is 0 Å². The summed E-state index contributed by atoms with van der Waals surface area (Å²) in [5, 5.41) is 16.1. The molecule has 1 N–H and O–H groups in total. The first-order valence-electron chi connectivity index (χ1n) is 4.74. The van der Waals surface area contributed by atoms with E-state index >= 15 is 0 Å². The van der Waals surface area contributed by atoms with Crippen molar-refractivity contribution in [1.29, 1.82) is 5.26 Å². The van der Waals surface area contributed by atoms with E-state index < -0.39 is 0 Å². The topological polar surface area (TPSA) is 65.4 Å². The second-order valence-electron chi connectivity index (χ2n) is 3.13. The van der Waals surface area contributed by atoms with E-state index in [-0.39, 0.29) is 0 Å². The van der Waals surface area contributed by atoms with E-state index in [1.165, 1.54) is 0 Å². The average Bonchev–Trinajstić information content (AvgIpc) is 2.72. The highest BCUT2D eigenvalue weighted by molar-refractivity contribution is 5.66. The number of aromatic nitrogens is 3. The Kier molecular flexibility index (Phi) is 2.46. The lowest BCUT2D eigenvalue weighted by molar-refractivity contribution is 0.973. The molecule has 0 saturated carbocycles. The predicted octanol–water partition coefficient (Wildman–Crippen LogP) is 1.91. The van der Waals surface area contributed by atoms with Crippen molar-refractivity contribution in [1.82, 2.24) is 15.2 Å². The maximum absolute atomic E-state index is 9.05. The third-order valence-electron chi connectivity index (χ3n) is 2.24. The molecule has 0 bridgehead atoms. The Morgan fingerprint density at radius 3 is 3.00 bits per heavy atom. The van der Waals surface area contributed by atoms with E-state index in [1.54, 1.807) is 12.4 Å². The lowest BCUT2D eigenvalue weighted by Crippen LogP contribution is -1.85. The van der Waals surface area contributed by atoms with Crippen LogP contribution in [0.4, 0.5) is 0 Å². The standard InChI is InChI=1S/C11H10N4/c1-2-10-9(6-12)11(15-14-10)8-4-3-5-13-7-8/h3-5,7H,2H2,1H3,(H,14,15). The molecule has 0 amide bonds. The zero-order chi connectivity index (χ0) is 10.7. The van der Waals surface area contributed by atoms with Gasteiger partial charge in [0.2, 0.25) is 0 Å². The van der Waals surface area contributed by atoms with Crippen LogP contribution >= 0.6 is 0 Å². The fraction of sp³-hybridized carbons (Fsp3) is 0.182. The van der Waals surface area contributed by atoms with Crippen molar-refractivity contribution in [2.75, 3.05) is 0 Å². The summed E-state index contributed by atoms with van der Waals surface area (Å²) in [7, 11) is 0. The van der Waals surface area contributed by atoms with Crippen LogP contribution in [0.3, 0.4) is 0 Å². The Balaban J connectivity index is 2.55. The SMILES string of the molecule is CCc1[nH]nc(-c2cccnc2)c1C#N. The summed E-state index contributed by atoms with van der Waals surface area (Å²) >= 11 is 0. The van der Waals surface area contributed by atoms with Crippen LogP contribution in [-0.2, 0) is 6.42 Å². The predicted molar refractivity (Wildman–Crippen MR) is 55.9 cm³/mol. The van der Waals surface area contributed by atoms with Crippen molar-refractivity contribution in [3.05, 3.63) is 35.8 Å². The second-order valence-corrected chi connectivity index (χ2v) is 3.13. The van der Waals surface area contributed by atoms with Crippen LogP contribution in [0.2, 0.25) is 0 Å². The molecule has 2 rings (SSSR count). The van der Waals surface area contributed by atoms with Crippen LogP contribution in [0.1, 0.15) is 18.2 Å². The summed E-state index contributed by atoms with van der Waals surface area (Å²) in [4.78, 5) is 4.01. The summed E-state index contributed by atoms with van der Waals surface area (Å²) in [5.41, 5.74) is 3.04. The summed E-state index contributed by atoms with van der Waals surface area (Å²) in [6.07, 6.45) is 4.18. The van der Waals surface area contributed by atoms with Gasteiger partial charge in [0.15, 0.2) is 0 Å². The molecule has 0 aromatic carbocycles. The molecule has 0 saturated heterocycles. The minimum Gasteiger partial charge on any atom is -0.281 e. The molecule has 2 aromatic heterocycles. The number of rotatable bonds is 2. The number of hydrogen-bond donors (Lipinski definition) is 1. The molecule has 0 radical (unpaired) electrons. The molecule has 0 fully saturated rings. The minimum atomic E-state index is 0.616. The van der Waals surface area contributed by atoms with E-state index in [1.807, 2.05) is 19.1 Å². The molecule has 15 heavy (non-hydrogen) atoms. The summed E-state index contributed by atoms with van der Waals surface area (Å²) < 4.78 is 0. The molecular weight excluding hydrogens is 188 g/mol. The molecule has 0 unspecified atom stereocenters. The monoisotopic (exact) mass is 198 g/mol. The van der Waals surface area contributed by atoms with Crippen molar-refractivity contribution in [2.45, 2.75) is 13.3 Å². The van der Waals surface area contributed by atoms with Crippen LogP contribution in [0.15, 0.2) is 24.5 Å². The molecule has 4 nitrogen and oxygen atoms in total. The fourth-order valence-electron chi connectivity index (χ4n) is 1.47. The van der Waals surface area contributed by atoms with Gasteiger partial charge in [0.25, 0.3) is 0 Å². The van der Waals surface area contributed by atoms with E-state index in [9.17, 15) is 0 Å². The van der Waals surface area contributed by atoms with E-state index in [0.717, 1.165) is 17.7 Å². The highest BCUT2D eigenvalue weighted by atomic mass is 15.1. The molecule has 0 atom stereocenters. The molecule has 4 heteroatoms. The number of hydrogen-bond acceptors (Lipinski definition) is 3. The third kappa shape index (κ3) is 1.59. The van der Waals surface area contributed by atoms with Crippen molar-refractivity contribution in [3.63, 3.8) is 0 Å². The first-order valence-corrected chi connectivity index (χ1v) is 4.74.